The monoisotopic (exact) mass is 391 g/mol. The third-order valence-corrected chi connectivity index (χ3v) is 6.38. The first-order valence-corrected chi connectivity index (χ1v) is 10.1. The van der Waals surface area contributed by atoms with Crippen molar-refractivity contribution in [3.8, 4) is 11.3 Å². The van der Waals surface area contributed by atoms with E-state index in [4.69, 9.17) is 0 Å². The van der Waals surface area contributed by atoms with E-state index >= 15 is 0 Å². The van der Waals surface area contributed by atoms with Gasteiger partial charge >= 0.3 is 5.97 Å². The Bertz CT molecular complexity index is 1290. The molecule has 0 saturated heterocycles. The summed E-state index contributed by atoms with van der Waals surface area (Å²) in [6.07, 6.45) is 0. The largest absolute Gasteiger partial charge is 0.478 e. The van der Waals surface area contributed by atoms with E-state index in [1.165, 1.54) is 12.1 Å². The molecule has 6 heteroatoms. The highest BCUT2D eigenvalue weighted by Crippen LogP contribution is 2.36. The van der Waals surface area contributed by atoms with Crippen LogP contribution in [-0.2, 0) is 10.0 Å². The molecule has 1 aromatic heterocycles. The number of carboxylic acid groups (broad SMARTS) is 1. The number of hydrogen-bond donors (Lipinski definition) is 1. The normalized spacial score (nSPS) is 11.6. The van der Waals surface area contributed by atoms with Gasteiger partial charge in [-0.2, -0.15) is 0 Å². The zero-order chi connectivity index (χ0) is 19.9. The van der Waals surface area contributed by atoms with Gasteiger partial charge in [0.05, 0.1) is 21.7 Å². The number of benzene rings is 3. The summed E-state index contributed by atoms with van der Waals surface area (Å²) in [7, 11) is -4.02. The molecule has 0 unspecified atom stereocenters. The van der Waals surface area contributed by atoms with Crippen molar-refractivity contribution < 1.29 is 18.3 Å². The summed E-state index contributed by atoms with van der Waals surface area (Å²) in [4.78, 5) is 12.2. The number of hydrogen-bond acceptors (Lipinski definition) is 3. The Morgan fingerprint density at radius 3 is 2.11 bits per heavy atom. The van der Waals surface area contributed by atoms with Gasteiger partial charge in [0.2, 0.25) is 0 Å². The zero-order valence-corrected chi connectivity index (χ0v) is 15.8. The van der Waals surface area contributed by atoms with Gasteiger partial charge in [0.15, 0.2) is 0 Å². The van der Waals surface area contributed by atoms with E-state index in [1.807, 2.05) is 6.92 Å². The van der Waals surface area contributed by atoms with Crippen molar-refractivity contribution in [3.05, 3.63) is 90.0 Å². The van der Waals surface area contributed by atoms with Crippen LogP contribution in [0.2, 0.25) is 0 Å². The summed E-state index contributed by atoms with van der Waals surface area (Å²) in [5, 5.41) is 10.3. The quantitative estimate of drug-likeness (QED) is 0.554. The average molecular weight is 391 g/mol. The summed E-state index contributed by atoms with van der Waals surface area (Å²) in [6.45, 7) is 1.87. The number of aromatic nitrogens is 1. The van der Waals surface area contributed by atoms with E-state index in [0.717, 1.165) is 9.54 Å². The summed E-state index contributed by atoms with van der Waals surface area (Å²) >= 11 is 0. The van der Waals surface area contributed by atoms with E-state index in [-0.39, 0.29) is 16.2 Å². The van der Waals surface area contributed by atoms with Crippen molar-refractivity contribution in [3.63, 3.8) is 0 Å². The Balaban J connectivity index is 2.17. The Morgan fingerprint density at radius 1 is 0.857 bits per heavy atom. The van der Waals surface area contributed by atoms with Crippen LogP contribution in [0.4, 0.5) is 0 Å². The highest BCUT2D eigenvalue weighted by molar-refractivity contribution is 7.90. The fourth-order valence-electron chi connectivity index (χ4n) is 3.35. The number of carbonyl (C=O) groups is 1. The minimum Gasteiger partial charge on any atom is -0.478 e. The SMILES string of the molecule is Cc1ccc(S(=O)(=O)n2c(-c3ccccc3)c(C(=O)O)c3ccccc32)cc1. The predicted octanol–water partition coefficient (Wildman–Crippen LogP) is 4.55. The van der Waals surface area contributed by atoms with Crippen LogP contribution in [0.15, 0.2) is 83.8 Å². The summed E-state index contributed by atoms with van der Waals surface area (Å²) in [5.74, 6) is -1.17. The highest BCUT2D eigenvalue weighted by Gasteiger charge is 2.30. The Hall–Kier alpha value is -3.38. The lowest BCUT2D eigenvalue weighted by Crippen LogP contribution is -2.15. The maximum absolute atomic E-state index is 13.6. The minimum absolute atomic E-state index is 0.0301. The second-order valence-corrected chi connectivity index (χ2v) is 8.28. The van der Waals surface area contributed by atoms with Gasteiger partial charge in [0.1, 0.15) is 0 Å². The molecule has 0 amide bonds. The molecule has 0 aliphatic rings. The van der Waals surface area contributed by atoms with E-state index in [1.54, 1.807) is 66.7 Å². The first kappa shape index (κ1) is 18.0. The number of fused-ring (bicyclic) bond motifs is 1. The first-order chi connectivity index (χ1) is 13.4. The van der Waals surface area contributed by atoms with Crippen molar-refractivity contribution in [1.82, 2.24) is 3.97 Å². The van der Waals surface area contributed by atoms with Gasteiger partial charge in [-0.3, -0.25) is 0 Å². The minimum atomic E-state index is -4.02. The van der Waals surface area contributed by atoms with Crippen LogP contribution in [0.1, 0.15) is 15.9 Å². The Labute approximate surface area is 162 Å². The zero-order valence-electron chi connectivity index (χ0n) is 15.0. The third kappa shape index (κ3) is 2.78. The van der Waals surface area contributed by atoms with E-state index in [2.05, 4.69) is 0 Å². The molecule has 1 heterocycles. The lowest BCUT2D eigenvalue weighted by molar-refractivity contribution is 0.0700. The van der Waals surface area contributed by atoms with Gasteiger partial charge in [-0.05, 0) is 25.1 Å². The van der Waals surface area contributed by atoms with Crippen LogP contribution >= 0.6 is 0 Å². The van der Waals surface area contributed by atoms with Crippen LogP contribution in [0.3, 0.4) is 0 Å². The van der Waals surface area contributed by atoms with Crippen LogP contribution in [0.5, 0.6) is 0 Å². The summed E-state index contributed by atoms with van der Waals surface area (Å²) in [5.41, 5.74) is 1.91. The molecule has 1 N–H and O–H groups in total. The van der Waals surface area contributed by atoms with Crippen LogP contribution in [0, 0.1) is 6.92 Å². The van der Waals surface area contributed by atoms with Crippen LogP contribution in [-0.4, -0.2) is 23.5 Å². The topological polar surface area (TPSA) is 76.4 Å². The van der Waals surface area contributed by atoms with Gasteiger partial charge in [-0.15, -0.1) is 0 Å². The first-order valence-electron chi connectivity index (χ1n) is 8.65. The van der Waals surface area contributed by atoms with Crippen LogP contribution in [0.25, 0.3) is 22.2 Å². The predicted molar refractivity (Wildman–Crippen MR) is 108 cm³/mol. The molecule has 0 atom stereocenters. The van der Waals surface area contributed by atoms with E-state index in [9.17, 15) is 18.3 Å². The summed E-state index contributed by atoms with van der Waals surface area (Å²) < 4.78 is 28.3. The molecule has 0 aliphatic heterocycles. The molecule has 0 aliphatic carbocycles. The lowest BCUT2D eigenvalue weighted by Gasteiger charge is -2.13. The lowest BCUT2D eigenvalue weighted by atomic mass is 10.1. The molecule has 28 heavy (non-hydrogen) atoms. The summed E-state index contributed by atoms with van der Waals surface area (Å²) in [6, 6.07) is 21.9. The third-order valence-electron chi connectivity index (χ3n) is 4.65. The smallest absolute Gasteiger partial charge is 0.338 e. The average Bonchev–Trinajstić information content (AvgIpc) is 3.05. The Morgan fingerprint density at radius 2 is 1.46 bits per heavy atom. The molecule has 4 aromatic rings. The molecule has 5 nitrogen and oxygen atoms in total. The van der Waals surface area contributed by atoms with Crippen molar-refractivity contribution in [1.29, 1.82) is 0 Å². The number of carboxylic acids is 1. The van der Waals surface area contributed by atoms with Crippen molar-refractivity contribution in [2.45, 2.75) is 11.8 Å². The molecule has 0 saturated carbocycles. The standard InChI is InChI=1S/C22H17NO4S/c1-15-11-13-17(14-12-15)28(26,27)23-19-10-6-5-9-18(19)20(22(24)25)21(23)16-7-3-2-4-8-16/h2-14H,1H3,(H,24,25). The van der Waals surface area contributed by atoms with Crippen molar-refractivity contribution in [2.24, 2.45) is 0 Å². The molecule has 0 radical (unpaired) electrons. The fourth-order valence-corrected chi connectivity index (χ4v) is 4.90. The Kier molecular flexibility index (Phi) is 4.28. The second-order valence-electron chi connectivity index (χ2n) is 6.49. The molecule has 0 spiro atoms. The molecular formula is C22H17NO4S. The van der Waals surface area contributed by atoms with E-state index < -0.39 is 16.0 Å². The number of para-hydroxylation sites is 1. The number of aromatic carboxylic acids is 1. The number of aryl methyl sites for hydroxylation is 1. The van der Waals surface area contributed by atoms with Gasteiger partial charge in [0, 0.05) is 10.9 Å². The fraction of sp³-hybridized carbons (Fsp3) is 0.0455. The second kappa shape index (κ2) is 6.65. The van der Waals surface area contributed by atoms with Gasteiger partial charge in [-0.25, -0.2) is 17.2 Å². The maximum Gasteiger partial charge on any atom is 0.338 e. The van der Waals surface area contributed by atoms with Crippen LogP contribution < -0.4 is 0 Å². The van der Waals surface area contributed by atoms with Crippen molar-refractivity contribution in [2.75, 3.05) is 0 Å². The molecule has 3 aromatic carbocycles. The highest BCUT2D eigenvalue weighted by atomic mass is 32.2. The molecular weight excluding hydrogens is 374 g/mol. The molecule has 0 fully saturated rings. The van der Waals surface area contributed by atoms with Gasteiger partial charge in [0.25, 0.3) is 10.0 Å². The van der Waals surface area contributed by atoms with Gasteiger partial charge < -0.3 is 5.11 Å². The molecule has 0 bridgehead atoms. The molecule has 140 valence electrons. The number of rotatable bonds is 4. The maximum atomic E-state index is 13.6. The molecule has 4 rings (SSSR count). The van der Waals surface area contributed by atoms with Gasteiger partial charge in [-0.1, -0.05) is 66.2 Å². The van der Waals surface area contributed by atoms with Crippen molar-refractivity contribution >= 4 is 26.9 Å². The number of nitrogens with zero attached hydrogens (tertiary/aromatic N) is 1. The van der Waals surface area contributed by atoms with E-state index in [0.29, 0.717) is 16.5 Å².